The molecule has 0 unspecified atom stereocenters. The minimum Gasteiger partial charge on any atom is -0.465 e. The van der Waals surface area contributed by atoms with Gasteiger partial charge in [-0.2, -0.15) is 0 Å². The summed E-state index contributed by atoms with van der Waals surface area (Å²) in [5.41, 5.74) is 16.2. The maximum atomic E-state index is 11.4. The molecule has 0 spiro atoms. The fraction of sp³-hybridized carbons (Fsp3) is 0.273. The third-order valence-electron chi connectivity index (χ3n) is 4.63. The number of methoxy groups -OCH3 is 2. The summed E-state index contributed by atoms with van der Waals surface area (Å²) in [6, 6.07) is 6.77. The number of nitrogens with two attached hydrogens (primary N) is 2. The first-order valence-corrected chi connectivity index (χ1v) is 9.19. The lowest BCUT2D eigenvalue weighted by molar-refractivity contribution is 0.0591. The van der Waals surface area contributed by atoms with Gasteiger partial charge in [0.15, 0.2) is 5.84 Å². The smallest absolute Gasteiger partial charge is 0.338 e. The third-order valence-corrected chi connectivity index (χ3v) is 4.63. The number of aryl methyl sites for hydroxylation is 4. The predicted octanol–water partition coefficient (Wildman–Crippen LogP) is 2.98. The molecule has 174 valence electrons. The molecule has 2 aromatic carbocycles. The Kier molecular flexibility index (Phi) is 10.9. The molecule has 0 aliphatic carbocycles. The van der Waals surface area contributed by atoms with Crippen LogP contribution in [0.5, 0.6) is 0 Å². The van der Waals surface area contributed by atoms with Crippen molar-refractivity contribution in [2.24, 2.45) is 16.6 Å². The average Bonchev–Trinajstić information content (AvgIpc) is 2.72. The van der Waals surface area contributed by atoms with Crippen LogP contribution in [0, 0.1) is 33.1 Å². The number of rotatable bonds is 4. The van der Waals surface area contributed by atoms with E-state index in [0.717, 1.165) is 22.3 Å². The molecular weight excluding hydrogens is 436 g/mol. The number of oxime groups is 1. The molecule has 0 fully saturated rings. The highest BCUT2D eigenvalue weighted by Crippen LogP contribution is 2.17. The fourth-order valence-electron chi connectivity index (χ4n) is 2.98. The molecule has 0 saturated heterocycles. The molecular formula is C22H29ClN4O5. The Morgan fingerprint density at radius 1 is 0.781 bits per heavy atom. The normalized spacial score (nSPS) is 10.2. The summed E-state index contributed by atoms with van der Waals surface area (Å²) in [7, 11) is 2.64. The third kappa shape index (κ3) is 6.71. The van der Waals surface area contributed by atoms with Crippen LogP contribution in [0.1, 0.15) is 54.1 Å². The topological polar surface area (TPSA) is 161 Å². The number of benzene rings is 2. The highest BCUT2D eigenvalue weighted by atomic mass is 35.5. The van der Waals surface area contributed by atoms with Crippen molar-refractivity contribution in [3.05, 3.63) is 68.8 Å². The number of hydrogen-bond acceptors (Lipinski definition) is 7. The van der Waals surface area contributed by atoms with Crippen LogP contribution in [0.4, 0.5) is 0 Å². The Hall–Kier alpha value is -3.59. The van der Waals surface area contributed by atoms with Crippen LogP contribution in [0.2, 0.25) is 0 Å². The van der Waals surface area contributed by atoms with Gasteiger partial charge >= 0.3 is 11.9 Å². The summed E-state index contributed by atoms with van der Waals surface area (Å²) in [4.78, 5) is 22.8. The highest BCUT2D eigenvalue weighted by molar-refractivity contribution is 6.02. The summed E-state index contributed by atoms with van der Waals surface area (Å²) in [5.74, 6) is -0.917. The van der Waals surface area contributed by atoms with Crippen LogP contribution in [0.15, 0.2) is 29.4 Å². The first-order chi connectivity index (χ1) is 14.5. The van der Waals surface area contributed by atoms with Crippen molar-refractivity contribution in [1.82, 2.24) is 0 Å². The lowest BCUT2D eigenvalue weighted by Crippen LogP contribution is -2.16. The van der Waals surface area contributed by atoms with E-state index in [1.807, 2.05) is 26.8 Å². The van der Waals surface area contributed by atoms with E-state index in [4.69, 9.17) is 22.1 Å². The van der Waals surface area contributed by atoms with Crippen LogP contribution in [-0.4, -0.2) is 43.0 Å². The summed E-state index contributed by atoms with van der Waals surface area (Å²) in [6.45, 7) is 7.30. The molecule has 2 aromatic rings. The molecule has 10 heteroatoms. The maximum Gasteiger partial charge on any atom is 0.338 e. The summed E-state index contributed by atoms with van der Waals surface area (Å²) >= 11 is 0. The molecule has 0 bridgehead atoms. The van der Waals surface area contributed by atoms with Crippen molar-refractivity contribution < 1.29 is 24.3 Å². The van der Waals surface area contributed by atoms with Gasteiger partial charge in [-0.3, -0.25) is 5.41 Å². The predicted molar refractivity (Wildman–Crippen MR) is 125 cm³/mol. The number of amidine groups is 2. The van der Waals surface area contributed by atoms with E-state index in [1.165, 1.54) is 14.2 Å². The van der Waals surface area contributed by atoms with E-state index in [9.17, 15) is 9.59 Å². The second-order valence-corrected chi connectivity index (χ2v) is 6.85. The van der Waals surface area contributed by atoms with Gasteiger partial charge in [0.1, 0.15) is 5.84 Å². The number of hydrogen-bond donors (Lipinski definition) is 4. The van der Waals surface area contributed by atoms with E-state index in [-0.39, 0.29) is 24.1 Å². The fourth-order valence-corrected chi connectivity index (χ4v) is 2.98. The molecule has 0 atom stereocenters. The Morgan fingerprint density at radius 2 is 1.12 bits per heavy atom. The molecule has 2 rings (SSSR count). The van der Waals surface area contributed by atoms with Crippen molar-refractivity contribution in [2.45, 2.75) is 27.7 Å². The van der Waals surface area contributed by atoms with Gasteiger partial charge in [-0.15, -0.1) is 12.4 Å². The molecule has 6 N–H and O–H groups in total. The zero-order valence-corrected chi connectivity index (χ0v) is 19.7. The van der Waals surface area contributed by atoms with Gasteiger partial charge in [0, 0.05) is 11.1 Å². The van der Waals surface area contributed by atoms with Gasteiger partial charge in [-0.1, -0.05) is 17.3 Å². The largest absolute Gasteiger partial charge is 0.465 e. The average molecular weight is 465 g/mol. The van der Waals surface area contributed by atoms with Gasteiger partial charge in [0.25, 0.3) is 0 Å². The number of halogens is 1. The quantitative estimate of drug-likeness (QED) is 0.178. The van der Waals surface area contributed by atoms with Crippen LogP contribution in [0.25, 0.3) is 0 Å². The molecule has 32 heavy (non-hydrogen) atoms. The van der Waals surface area contributed by atoms with Gasteiger partial charge in [-0.05, 0) is 62.1 Å². The SMILES string of the molecule is COC(=O)c1cc(/C(N)=N/O)c(C)cc1C.COC(=O)c1cc(C(=N)N)c(C)cc1C.Cl. The lowest BCUT2D eigenvalue weighted by Gasteiger charge is -2.09. The highest BCUT2D eigenvalue weighted by Gasteiger charge is 2.14. The second-order valence-electron chi connectivity index (χ2n) is 6.85. The number of carbonyl (C=O) groups excluding carboxylic acids is 2. The molecule has 0 aliphatic heterocycles. The molecule has 0 radical (unpaired) electrons. The van der Waals surface area contributed by atoms with E-state index < -0.39 is 11.9 Å². The van der Waals surface area contributed by atoms with E-state index in [2.05, 4.69) is 14.6 Å². The molecule has 0 saturated carbocycles. The van der Waals surface area contributed by atoms with Gasteiger partial charge in [0.05, 0.1) is 25.3 Å². The number of nitrogens with zero attached hydrogens (tertiary/aromatic N) is 1. The Balaban J connectivity index is 0.000000584. The zero-order valence-electron chi connectivity index (χ0n) is 18.9. The Bertz CT molecular complexity index is 1050. The van der Waals surface area contributed by atoms with Crippen molar-refractivity contribution >= 4 is 36.0 Å². The van der Waals surface area contributed by atoms with Crippen LogP contribution >= 0.6 is 12.4 Å². The summed E-state index contributed by atoms with van der Waals surface area (Å²) in [6.07, 6.45) is 0. The van der Waals surface area contributed by atoms with E-state index in [1.54, 1.807) is 25.1 Å². The van der Waals surface area contributed by atoms with Gasteiger partial charge < -0.3 is 26.1 Å². The number of nitrogens with one attached hydrogen (secondary N) is 1. The summed E-state index contributed by atoms with van der Waals surface area (Å²) < 4.78 is 9.28. The van der Waals surface area contributed by atoms with Crippen LogP contribution < -0.4 is 11.5 Å². The first kappa shape index (κ1) is 28.4. The number of esters is 2. The van der Waals surface area contributed by atoms with E-state index >= 15 is 0 Å². The van der Waals surface area contributed by atoms with Crippen LogP contribution in [0.3, 0.4) is 0 Å². The molecule has 9 nitrogen and oxygen atoms in total. The van der Waals surface area contributed by atoms with Crippen molar-refractivity contribution in [3.8, 4) is 0 Å². The number of nitrogen functional groups attached to an aromatic ring is 1. The first-order valence-electron chi connectivity index (χ1n) is 9.19. The summed E-state index contributed by atoms with van der Waals surface area (Å²) in [5, 5.41) is 18.9. The van der Waals surface area contributed by atoms with Gasteiger partial charge in [-0.25, -0.2) is 9.59 Å². The minimum atomic E-state index is -0.440. The Morgan fingerprint density at radius 3 is 1.47 bits per heavy atom. The van der Waals surface area contributed by atoms with E-state index in [0.29, 0.717) is 22.3 Å². The molecule has 0 amide bonds. The van der Waals surface area contributed by atoms with Gasteiger partial charge in [0.2, 0.25) is 0 Å². The maximum absolute atomic E-state index is 11.4. The number of ether oxygens (including phenoxy) is 2. The number of carbonyl (C=O) groups is 2. The van der Waals surface area contributed by atoms with Crippen molar-refractivity contribution in [3.63, 3.8) is 0 Å². The van der Waals surface area contributed by atoms with Crippen molar-refractivity contribution in [1.29, 1.82) is 5.41 Å². The lowest BCUT2D eigenvalue weighted by atomic mass is 9.99. The molecule has 0 aliphatic rings. The molecule has 0 heterocycles. The Labute approximate surface area is 193 Å². The van der Waals surface area contributed by atoms with Crippen LogP contribution in [-0.2, 0) is 9.47 Å². The monoisotopic (exact) mass is 464 g/mol. The van der Waals surface area contributed by atoms with Crippen molar-refractivity contribution in [2.75, 3.05) is 14.2 Å². The second kappa shape index (κ2) is 12.3. The molecule has 0 aromatic heterocycles. The zero-order chi connectivity index (χ0) is 23.9. The standard InChI is InChI=1S/C11H14N2O3.C11H14N2O2.ClH/c1-6-4-7(2)9(11(14)16-3)5-8(6)10(12)13-15;1-6-4-7(2)9(11(14)15-3)5-8(6)10(12)13;/h4-5,15H,1-3H3,(H2,12,13);4-5H,1-3H3,(H3,12,13);1H. The minimum absolute atomic E-state index is 0.